The van der Waals surface area contributed by atoms with Gasteiger partial charge in [-0.05, 0) is 104 Å². The maximum Gasteiger partial charge on any atom is 0.417 e. The Morgan fingerprint density at radius 3 is 1.29 bits per heavy atom. The van der Waals surface area contributed by atoms with Gasteiger partial charge in [0.15, 0.2) is 0 Å². The zero-order valence-electron chi connectivity index (χ0n) is 21.2. The van der Waals surface area contributed by atoms with Crippen LogP contribution in [0, 0.1) is 35.5 Å². The monoisotopic (exact) mass is 474 g/mol. The van der Waals surface area contributed by atoms with Crippen molar-refractivity contribution < 1.29 is 28.7 Å². The molecule has 6 fully saturated rings. The van der Waals surface area contributed by atoms with E-state index in [2.05, 4.69) is 0 Å². The van der Waals surface area contributed by atoms with E-state index in [1.807, 2.05) is 41.5 Å². The number of hydrogen-bond donors (Lipinski definition) is 0. The van der Waals surface area contributed by atoms with Crippen LogP contribution in [-0.4, -0.2) is 57.1 Å². The van der Waals surface area contributed by atoms with Crippen LogP contribution >= 0.6 is 0 Å². The smallest absolute Gasteiger partial charge is 0.417 e. The number of likely N-dealkylation sites (tertiary alicyclic amines) is 2. The fourth-order valence-corrected chi connectivity index (χ4v) is 7.46. The van der Waals surface area contributed by atoms with E-state index in [4.69, 9.17) is 9.47 Å². The van der Waals surface area contributed by atoms with Gasteiger partial charge in [-0.1, -0.05) is 0 Å². The lowest BCUT2D eigenvalue weighted by Crippen LogP contribution is -2.65. The van der Waals surface area contributed by atoms with E-state index >= 15 is 0 Å². The molecule has 8 atom stereocenters. The van der Waals surface area contributed by atoms with Crippen LogP contribution in [0.15, 0.2) is 0 Å². The van der Waals surface area contributed by atoms with Crippen LogP contribution in [0.1, 0.15) is 80.1 Å². The summed E-state index contributed by atoms with van der Waals surface area (Å²) in [4.78, 5) is 50.6. The Labute approximate surface area is 201 Å². The normalized spacial score (nSPS) is 39.0. The number of amides is 4. The standard InChI is InChI=1S/2C13H19NO3/c2*1-13(2,3)17-12(16)14-10-8-5-4-7(6-8)9(10)11(14)15/h2*7-10H,4-6H2,1-3H3/t2*7-,8+,9+,10-/m10/s1. The molecule has 0 aromatic rings. The molecule has 4 amide bonds. The summed E-state index contributed by atoms with van der Waals surface area (Å²) in [7, 11) is 0. The molecule has 2 heterocycles. The molecule has 4 bridgehead atoms. The first-order chi connectivity index (χ1) is 15.8. The van der Waals surface area contributed by atoms with Crippen molar-refractivity contribution in [2.24, 2.45) is 35.5 Å². The van der Waals surface area contributed by atoms with Crippen LogP contribution in [-0.2, 0) is 19.1 Å². The van der Waals surface area contributed by atoms with E-state index in [-0.39, 0.29) is 35.7 Å². The molecule has 4 aliphatic carbocycles. The molecule has 6 rings (SSSR count). The molecule has 4 saturated carbocycles. The molecule has 0 spiro atoms. The Balaban J connectivity index is 0.000000142. The Bertz CT molecular complexity index is 843. The van der Waals surface area contributed by atoms with Crippen molar-refractivity contribution in [3.05, 3.63) is 0 Å². The first-order valence-electron chi connectivity index (χ1n) is 12.9. The minimum atomic E-state index is -0.528. The lowest BCUT2D eigenvalue weighted by atomic mass is 9.76. The van der Waals surface area contributed by atoms with Crippen LogP contribution < -0.4 is 0 Å². The third-order valence-corrected chi connectivity index (χ3v) is 8.57. The van der Waals surface area contributed by atoms with Crippen molar-refractivity contribution in [1.29, 1.82) is 0 Å². The second kappa shape index (κ2) is 7.69. The van der Waals surface area contributed by atoms with Gasteiger partial charge in [-0.2, -0.15) is 0 Å². The number of imide groups is 2. The summed E-state index contributed by atoms with van der Waals surface area (Å²) < 4.78 is 10.6. The summed E-state index contributed by atoms with van der Waals surface area (Å²) in [5.74, 6) is 2.40. The highest BCUT2D eigenvalue weighted by atomic mass is 16.6. The third-order valence-electron chi connectivity index (χ3n) is 8.57. The number of carbonyl (C=O) groups excluding carboxylic acids is 4. The van der Waals surface area contributed by atoms with E-state index < -0.39 is 23.4 Å². The van der Waals surface area contributed by atoms with E-state index in [0.717, 1.165) is 12.8 Å². The van der Waals surface area contributed by atoms with Crippen molar-refractivity contribution in [2.75, 3.05) is 0 Å². The van der Waals surface area contributed by atoms with Crippen molar-refractivity contribution in [2.45, 2.75) is 103 Å². The summed E-state index contributed by atoms with van der Waals surface area (Å²) in [6, 6.07) is 0.298. The van der Waals surface area contributed by atoms with Gasteiger partial charge in [0.1, 0.15) is 11.2 Å². The van der Waals surface area contributed by atoms with Gasteiger partial charge < -0.3 is 9.47 Å². The summed E-state index contributed by atoms with van der Waals surface area (Å²) in [6.07, 6.45) is 6.02. The summed E-state index contributed by atoms with van der Waals surface area (Å²) in [5.41, 5.74) is -1.06. The second-order valence-electron chi connectivity index (χ2n) is 13.1. The highest BCUT2D eigenvalue weighted by Crippen LogP contribution is 2.57. The highest BCUT2D eigenvalue weighted by Gasteiger charge is 2.65. The predicted octanol–water partition coefficient (Wildman–Crippen LogP) is 4.36. The van der Waals surface area contributed by atoms with Crippen LogP contribution in [0.3, 0.4) is 0 Å². The average molecular weight is 475 g/mol. The number of hydrogen-bond acceptors (Lipinski definition) is 6. The minimum Gasteiger partial charge on any atom is -0.443 e. The molecule has 8 nitrogen and oxygen atoms in total. The van der Waals surface area contributed by atoms with E-state index in [1.54, 1.807) is 0 Å². The van der Waals surface area contributed by atoms with Gasteiger partial charge in [0.05, 0.1) is 23.9 Å². The topological polar surface area (TPSA) is 93.2 Å². The number of nitrogens with zero attached hydrogens (tertiary/aromatic N) is 2. The molecular formula is C26H38N2O6. The van der Waals surface area contributed by atoms with Crippen molar-refractivity contribution in [1.82, 2.24) is 9.80 Å². The predicted molar refractivity (Wildman–Crippen MR) is 122 cm³/mol. The molecule has 188 valence electrons. The number of ether oxygens (including phenoxy) is 2. The minimum absolute atomic E-state index is 0.00329. The van der Waals surface area contributed by atoms with E-state index in [9.17, 15) is 19.2 Å². The summed E-state index contributed by atoms with van der Waals surface area (Å²) in [5, 5.41) is 0. The second-order valence-corrected chi connectivity index (χ2v) is 13.1. The number of fused-ring (bicyclic) bond motifs is 10. The molecule has 0 radical (unpaired) electrons. The fourth-order valence-electron chi connectivity index (χ4n) is 7.46. The van der Waals surface area contributed by atoms with Crippen molar-refractivity contribution in [3.63, 3.8) is 0 Å². The van der Waals surface area contributed by atoms with Gasteiger partial charge in [-0.3, -0.25) is 9.59 Å². The van der Waals surface area contributed by atoms with Gasteiger partial charge in [0.2, 0.25) is 11.8 Å². The molecule has 6 aliphatic rings. The zero-order chi connectivity index (χ0) is 24.7. The Morgan fingerprint density at radius 1 is 0.647 bits per heavy atom. The van der Waals surface area contributed by atoms with Gasteiger partial charge >= 0.3 is 12.2 Å². The van der Waals surface area contributed by atoms with Gasteiger partial charge in [0, 0.05) is 0 Å². The van der Waals surface area contributed by atoms with Crippen LogP contribution in [0.25, 0.3) is 0 Å². The molecule has 2 aliphatic heterocycles. The highest BCUT2D eigenvalue weighted by molar-refractivity contribution is 6.01. The number of carbonyl (C=O) groups is 4. The largest absolute Gasteiger partial charge is 0.443 e. The molecule has 0 unspecified atom stereocenters. The Kier molecular flexibility index (Phi) is 5.34. The number of rotatable bonds is 0. The zero-order valence-corrected chi connectivity index (χ0v) is 21.2. The van der Waals surface area contributed by atoms with E-state index in [0.29, 0.717) is 23.7 Å². The van der Waals surface area contributed by atoms with Crippen LogP contribution in [0.2, 0.25) is 0 Å². The number of β-lactam (4-membered cyclic amide) rings is 2. The van der Waals surface area contributed by atoms with Crippen molar-refractivity contribution in [3.8, 4) is 0 Å². The third kappa shape index (κ3) is 3.72. The Morgan fingerprint density at radius 2 is 0.971 bits per heavy atom. The average Bonchev–Trinajstić information content (AvgIpc) is 3.42. The molecule has 34 heavy (non-hydrogen) atoms. The molecule has 0 aromatic heterocycles. The molecule has 0 aromatic carbocycles. The lowest BCUT2D eigenvalue weighted by Gasteiger charge is -2.47. The van der Waals surface area contributed by atoms with Crippen LogP contribution in [0.5, 0.6) is 0 Å². The van der Waals surface area contributed by atoms with Gasteiger partial charge in [0.25, 0.3) is 0 Å². The SMILES string of the molecule is CC(C)(C)OC(=O)N1C(=O)[C@@H]2[C@H]3CC[C@H](C3)[C@@H]21.CC(C)(C)OC(=O)N1C(=O)[C@H]2[C@@H]3CC[C@@H](C3)[C@H]21. The lowest BCUT2D eigenvalue weighted by molar-refractivity contribution is -0.158. The fraction of sp³-hybridized carbons (Fsp3) is 0.846. The molecule has 0 N–H and O–H groups in total. The maximum atomic E-state index is 12.0. The van der Waals surface area contributed by atoms with E-state index in [1.165, 1.54) is 35.5 Å². The quantitative estimate of drug-likeness (QED) is 0.485. The van der Waals surface area contributed by atoms with Gasteiger partial charge in [-0.25, -0.2) is 19.4 Å². The molecular weight excluding hydrogens is 436 g/mol. The first kappa shape index (κ1) is 23.6. The maximum absolute atomic E-state index is 12.0. The first-order valence-corrected chi connectivity index (χ1v) is 12.9. The molecule has 2 saturated heterocycles. The van der Waals surface area contributed by atoms with Crippen LogP contribution in [0.4, 0.5) is 9.59 Å². The summed E-state index contributed by atoms with van der Waals surface area (Å²) >= 11 is 0. The van der Waals surface area contributed by atoms with Gasteiger partial charge in [-0.15, -0.1) is 0 Å². The van der Waals surface area contributed by atoms with Crippen molar-refractivity contribution >= 4 is 24.0 Å². The summed E-state index contributed by atoms with van der Waals surface area (Å²) in [6.45, 7) is 11.0. The molecule has 8 heteroatoms. The Hall–Kier alpha value is -2.12.